The quantitative estimate of drug-likeness (QED) is 0.702. The molecule has 0 aliphatic heterocycles. The highest BCUT2D eigenvalue weighted by atomic mass is 15.4. The zero-order valence-electron chi connectivity index (χ0n) is 9.06. The minimum absolute atomic E-state index is 0.882. The van der Waals surface area contributed by atoms with Crippen LogP contribution >= 0.6 is 0 Å². The number of aryl methyl sites for hydroxylation is 1. The van der Waals surface area contributed by atoms with Gasteiger partial charge < -0.3 is 0 Å². The fourth-order valence-corrected chi connectivity index (χ4v) is 1.65. The number of pyridine rings is 1. The molecule has 2 heterocycles. The summed E-state index contributed by atoms with van der Waals surface area (Å²) in [5.41, 5.74) is 1.78. The van der Waals surface area contributed by atoms with E-state index in [1.165, 1.54) is 19.3 Å². The summed E-state index contributed by atoms with van der Waals surface area (Å²) >= 11 is 0. The van der Waals surface area contributed by atoms with Gasteiger partial charge in [-0.15, -0.1) is 5.10 Å². The zero-order chi connectivity index (χ0) is 10.5. The van der Waals surface area contributed by atoms with Crippen molar-refractivity contribution in [2.24, 2.45) is 0 Å². The molecule has 0 fully saturated rings. The van der Waals surface area contributed by atoms with Gasteiger partial charge in [-0.1, -0.05) is 31.4 Å². The third kappa shape index (κ3) is 2.32. The fraction of sp³-hybridized carbons (Fsp3) is 0.545. The van der Waals surface area contributed by atoms with Crippen LogP contribution in [0.3, 0.4) is 0 Å². The largest absolute Gasteiger partial charge is 0.235 e. The van der Waals surface area contributed by atoms with Crippen molar-refractivity contribution >= 4 is 11.2 Å². The summed E-state index contributed by atoms with van der Waals surface area (Å²) in [6, 6.07) is 3.83. The molecule has 0 aromatic carbocycles. The van der Waals surface area contributed by atoms with E-state index in [1.54, 1.807) is 6.20 Å². The molecule has 0 radical (unpaired) electrons. The molecule has 15 heavy (non-hydrogen) atoms. The van der Waals surface area contributed by atoms with Crippen molar-refractivity contribution in [2.75, 3.05) is 0 Å². The molecule has 0 saturated carbocycles. The summed E-state index contributed by atoms with van der Waals surface area (Å²) in [4.78, 5) is 4.28. The molecule has 0 bridgehead atoms. The molecule has 0 aliphatic carbocycles. The number of hydrogen-bond acceptors (Lipinski definition) is 3. The van der Waals surface area contributed by atoms with Crippen molar-refractivity contribution < 1.29 is 0 Å². The van der Waals surface area contributed by atoms with E-state index >= 15 is 0 Å². The standard InChI is InChI=1S/C11H16N4/c1-2-3-4-5-9-15-11-10(13-14-15)7-6-8-12-11/h6-8H,2-5,9H2,1H3. The number of fused-ring (bicyclic) bond motifs is 1. The van der Waals surface area contributed by atoms with E-state index in [4.69, 9.17) is 0 Å². The van der Waals surface area contributed by atoms with Crippen molar-refractivity contribution in [3.05, 3.63) is 18.3 Å². The topological polar surface area (TPSA) is 43.6 Å². The van der Waals surface area contributed by atoms with Crippen LogP contribution in [-0.4, -0.2) is 20.0 Å². The van der Waals surface area contributed by atoms with Gasteiger partial charge in [-0.3, -0.25) is 0 Å². The first-order valence-corrected chi connectivity index (χ1v) is 5.56. The number of unbranched alkanes of at least 4 members (excludes halogenated alkanes) is 3. The van der Waals surface area contributed by atoms with Crippen molar-refractivity contribution in [2.45, 2.75) is 39.2 Å². The molecule has 0 spiro atoms. The highest BCUT2D eigenvalue weighted by molar-refractivity contribution is 5.68. The van der Waals surface area contributed by atoms with Gasteiger partial charge in [0.2, 0.25) is 0 Å². The van der Waals surface area contributed by atoms with Gasteiger partial charge in [0.15, 0.2) is 5.65 Å². The zero-order valence-corrected chi connectivity index (χ0v) is 9.06. The summed E-state index contributed by atoms with van der Waals surface area (Å²) in [7, 11) is 0. The molecule has 0 atom stereocenters. The van der Waals surface area contributed by atoms with Crippen LogP contribution in [0.2, 0.25) is 0 Å². The summed E-state index contributed by atoms with van der Waals surface area (Å²) in [5.74, 6) is 0. The molecule has 2 rings (SSSR count). The molecule has 0 unspecified atom stereocenters. The highest BCUT2D eigenvalue weighted by Crippen LogP contribution is 2.08. The predicted molar refractivity (Wildman–Crippen MR) is 59.5 cm³/mol. The maximum absolute atomic E-state index is 4.28. The Hall–Kier alpha value is -1.45. The van der Waals surface area contributed by atoms with E-state index < -0.39 is 0 Å². The molecule has 80 valence electrons. The van der Waals surface area contributed by atoms with Crippen molar-refractivity contribution in [1.82, 2.24) is 20.0 Å². The molecule has 0 amide bonds. The molecular formula is C11H16N4. The van der Waals surface area contributed by atoms with Gasteiger partial charge in [-0.2, -0.15) is 0 Å². The van der Waals surface area contributed by atoms with Gasteiger partial charge in [0.1, 0.15) is 5.52 Å². The molecule has 2 aromatic heterocycles. The lowest BCUT2D eigenvalue weighted by Gasteiger charge is -2.00. The second-order valence-corrected chi connectivity index (χ2v) is 3.72. The third-order valence-corrected chi connectivity index (χ3v) is 2.49. The first-order valence-electron chi connectivity index (χ1n) is 5.56. The normalized spacial score (nSPS) is 11.0. The number of rotatable bonds is 5. The Balaban J connectivity index is 2.02. The van der Waals surface area contributed by atoms with Crippen molar-refractivity contribution in [1.29, 1.82) is 0 Å². The first-order chi connectivity index (χ1) is 7.42. The average molecular weight is 204 g/mol. The maximum Gasteiger partial charge on any atom is 0.178 e. The van der Waals surface area contributed by atoms with E-state index in [0.29, 0.717) is 0 Å². The molecule has 0 aliphatic rings. The van der Waals surface area contributed by atoms with Crippen LogP contribution in [0.5, 0.6) is 0 Å². The molecular weight excluding hydrogens is 188 g/mol. The van der Waals surface area contributed by atoms with Gasteiger partial charge >= 0.3 is 0 Å². The Morgan fingerprint density at radius 3 is 3.07 bits per heavy atom. The summed E-state index contributed by atoms with van der Waals surface area (Å²) in [5, 5.41) is 8.17. The predicted octanol–water partition coefficient (Wildman–Crippen LogP) is 2.41. The van der Waals surface area contributed by atoms with E-state index in [-0.39, 0.29) is 0 Å². The Bertz CT molecular complexity index is 421. The summed E-state index contributed by atoms with van der Waals surface area (Å²) in [6.07, 6.45) is 6.75. The monoisotopic (exact) mass is 204 g/mol. The smallest absolute Gasteiger partial charge is 0.178 e. The van der Waals surface area contributed by atoms with Crippen LogP contribution in [0.25, 0.3) is 11.2 Å². The third-order valence-electron chi connectivity index (χ3n) is 2.49. The number of hydrogen-bond donors (Lipinski definition) is 0. The van der Waals surface area contributed by atoms with Crippen LogP contribution in [0.4, 0.5) is 0 Å². The van der Waals surface area contributed by atoms with Gasteiger partial charge in [-0.25, -0.2) is 9.67 Å². The lowest BCUT2D eigenvalue weighted by atomic mass is 10.2. The van der Waals surface area contributed by atoms with Gasteiger partial charge in [0.25, 0.3) is 0 Å². The van der Waals surface area contributed by atoms with E-state index in [0.717, 1.165) is 24.1 Å². The molecule has 4 heteroatoms. The molecule has 2 aromatic rings. The maximum atomic E-state index is 4.28. The fourth-order valence-electron chi connectivity index (χ4n) is 1.65. The Labute approximate surface area is 89.3 Å². The minimum Gasteiger partial charge on any atom is -0.235 e. The summed E-state index contributed by atoms with van der Waals surface area (Å²) in [6.45, 7) is 3.14. The summed E-state index contributed by atoms with van der Waals surface area (Å²) < 4.78 is 1.89. The molecule has 4 nitrogen and oxygen atoms in total. The van der Waals surface area contributed by atoms with Gasteiger partial charge in [-0.05, 0) is 18.6 Å². The Morgan fingerprint density at radius 2 is 2.20 bits per heavy atom. The van der Waals surface area contributed by atoms with E-state index in [9.17, 15) is 0 Å². The Kier molecular flexibility index (Phi) is 3.27. The van der Waals surface area contributed by atoms with Gasteiger partial charge in [0, 0.05) is 12.7 Å². The SMILES string of the molecule is CCCCCCn1nnc2cccnc21. The molecule has 0 N–H and O–H groups in total. The highest BCUT2D eigenvalue weighted by Gasteiger charge is 2.03. The Morgan fingerprint density at radius 1 is 1.27 bits per heavy atom. The van der Waals surface area contributed by atoms with Gasteiger partial charge in [0.05, 0.1) is 0 Å². The van der Waals surface area contributed by atoms with Crippen LogP contribution in [0.15, 0.2) is 18.3 Å². The lowest BCUT2D eigenvalue weighted by Crippen LogP contribution is -2.01. The lowest BCUT2D eigenvalue weighted by molar-refractivity contribution is 0.536. The molecule has 0 saturated heterocycles. The van der Waals surface area contributed by atoms with Crippen LogP contribution in [-0.2, 0) is 6.54 Å². The first kappa shape index (κ1) is 10.1. The number of nitrogens with zero attached hydrogens (tertiary/aromatic N) is 4. The number of aromatic nitrogens is 4. The second kappa shape index (κ2) is 4.87. The minimum atomic E-state index is 0.882. The van der Waals surface area contributed by atoms with Crippen molar-refractivity contribution in [3.8, 4) is 0 Å². The van der Waals surface area contributed by atoms with E-state index in [2.05, 4.69) is 22.2 Å². The van der Waals surface area contributed by atoms with Crippen LogP contribution in [0, 0.1) is 0 Å². The van der Waals surface area contributed by atoms with Crippen LogP contribution in [0.1, 0.15) is 32.6 Å². The van der Waals surface area contributed by atoms with E-state index in [1.807, 2.05) is 16.8 Å². The second-order valence-electron chi connectivity index (χ2n) is 3.72. The van der Waals surface area contributed by atoms with Crippen molar-refractivity contribution in [3.63, 3.8) is 0 Å². The van der Waals surface area contributed by atoms with Crippen LogP contribution < -0.4 is 0 Å². The average Bonchev–Trinajstić information content (AvgIpc) is 2.68.